The molecule has 3 aromatic rings. The molecular formula is C20H21N5O2. The van der Waals surface area contributed by atoms with Crippen molar-refractivity contribution in [3.8, 4) is 0 Å². The van der Waals surface area contributed by atoms with E-state index in [1.807, 2.05) is 33.9 Å². The zero-order chi connectivity index (χ0) is 18.4. The molecule has 0 spiro atoms. The number of imidazole rings is 1. The average Bonchev–Trinajstić information content (AvgIpc) is 3.20. The molecular weight excluding hydrogens is 342 g/mol. The number of aliphatic hydroxyl groups excluding tert-OH is 1. The second kappa shape index (κ2) is 6.42. The van der Waals surface area contributed by atoms with Gasteiger partial charge in [0.05, 0.1) is 24.5 Å². The minimum absolute atomic E-state index is 0.00519. The molecule has 0 aliphatic carbocycles. The van der Waals surface area contributed by atoms with E-state index >= 15 is 0 Å². The monoisotopic (exact) mass is 363 g/mol. The number of rotatable bonds is 3. The lowest BCUT2D eigenvalue weighted by molar-refractivity contribution is 0.0286. The first-order valence-electron chi connectivity index (χ1n) is 9.39. The zero-order valence-electron chi connectivity index (χ0n) is 14.9. The van der Waals surface area contributed by atoms with Gasteiger partial charge < -0.3 is 14.6 Å². The van der Waals surface area contributed by atoms with E-state index in [1.165, 1.54) is 0 Å². The number of carbonyl (C=O) groups is 1. The maximum Gasteiger partial charge on any atom is 0.256 e. The molecule has 0 radical (unpaired) electrons. The molecule has 2 aliphatic rings. The number of nitrogens with zero attached hydrogens (tertiary/aromatic N) is 5. The highest BCUT2D eigenvalue weighted by atomic mass is 16.3. The van der Waals surface area contributed by atoms with Crippen molar-refractivity contribution >= 4 is 17.1 Å². The second-order valence-corrected chi connectivity index (χ2v) is 7.52. The number of hydrogen-bond acceptors (Lipinski definition) is 5. The van der Waals surface area contributed by atoms with Gasteiger partial charge in [0.2, 0.25) is 0 Å². The van der Waals surface area contributed by atoms with Crippen LogP contribution in [-0.2, 0) is 6.54 Å². The molecule has 1 unspecified atom stereocenters. The lowest BCUT2D eigenvalue weighted by Gasteiger charge is -2.37. The first-order chi connectivity index (χ1) is 13.2. The summed E-state index contributed by atoms with van der Waals surface area (Å²) in [4.78, 5) is 28.1. The second-order valence-electron chi connectivity index (χ2n) is 7.52. The van der Waals surface area contributed by atoms with Crippen LogP contribution in [0.15, 0.2) is 43.1 Å². The van der Waals surface area contributed by atoms with E-state index in [-0.39, 0.29) is 24.1 Å². The highest BCUT2D eigenvalue weighted by Gasteiger charge is 2.43. The molecule has 0 saturated carbocycles. The summed E-state index contributed by atoms with van der Waals surface area (Å²) < 4.78 is 1.96. The molecule has 3 atom stereocenters. The van der Waals surface area contributed by atoms with E-state index < -0.39 is 0 Å². The van der Waals surface area contributed by atoms with Gasteiger partial charge in [-0.15, -0.1) is 0 Å². The number of fused-ring (bicyclic) bond motifs is 3. The van der Waals surface area contributed by atoms with Gasteiger partial charge in [0.1, 0.15) is 5.52 Å². The number of pyridine rings is 2. The summed E-state index contributed by atoms with van der Waals surface area (Å²) in [6, 6.07) is 6.03. The molecule has 7 heteroatoms. The van der Waals surface area contributed by atoms with Crippen molar-refractivity contribution in [2.24, 2.45) is 0 Å². The number of hydrogen-bond donors (Lipinski definition) is 1. The van der Waals surface area contributed by atoms with E-state index in [4.69, 9.17) is 0 Å². The smallest absolute Gasteiger partial charge is 0.256 e. The fourth-order valence-electron chi connectivity index (χ4n) is 4.50. The fraction of sp³-hybridized carbons (Fsp3) is 0.400. The molecule has 2 saturated heterocycles. The minimum Gasteiger partial charge on any atom is -0.393 e. The normalized spacial score (nSPS) is 24.5. The van der Waals surface area contributed by atoms with Crippen LogP contribution in [0.3, 0.4) is 0 Å². The van der Waals surface area contributed by atoms with Gasteiger partial charge in [-0.3, -0.25) is 9.78 Å². The third kappa shape index (κ3) is 2.88. The molecule has 27 heavy (non-hydrogen) atoms. The Morgan fingerprint density at radius 2 is 2.00 bits per heavy atom. The topological polar surface area (TPSA) is 84.1 Å². The van der Waals surface area contributed by atoms with Crippen LogP contribution >= 0.6 is 0 Å². The highest BCUT2D eigenvalue weighted by molar-refractivity contribution is 5.97. The van der Waals surface area contributed by atoms with Crippen LogP contribution in [0.25, 0.3) is 11.2 Å². The fourth-order valence-corrected chi connectivity index (χ4v) is 4.50. The predicted molar refractivity (Wildman–Crippen MR) is 99.1 cm³/mol. The van der Waals surface area contributed by atoms with Crippen molar-refractivity contribution in [3.05, 3.63) is 54.2 Å². The molecule has 2 aliphatic heterocycles. The minimum atomic E-state index is -0.282. The number of aliphatic hydroxyl groups is 1. The van der Waals surface area contributed by atoms with Crippen molar-refractivity contribution in [2.75, 3.05) is 0 Å². The number of piperidine rings is 1. The summed E-state index contributed by atoms with van der Waals surface area (Å²) in [7, 11) is 0. The van der Waals surface area contributed by atoms with Gasteiger partial charge in [-0.05, 0) is 43.4 Å². The van der Waals surface area contributed by atoms with Crippen LogP contribution < -0.4 is 0 Å². The van der Waals surface area contributed by atoms with Gasteiger partial charge in [0, 0.05) is 30.7 Å². The van der Waals surface area contributed by atoms with E-state index in [1.54, 1.807) is 18.7 Å². The molecule has 2 fully saturated rings. The summed E-state index contributed by atoms with van der Waals surface area (Å²) in [6.45, 7) is 0.638. The summed E-state index contributed by atoms with van der Waals surface area (Å²) >= 11 is 0. The van der Waals surface area contributed by atoms with Crippen molar-refractivity contribution in [3.63, 3.8) is 0 Å². The summed E-state index contributed by atoms with van der Waals surface area (Å²) in [6.07, 6.45) is 10.00. The number of carbonyl (C=O) groups excluding carboxylic acids is 1. The summed E-state index contributed by atoms with van der Waals surface area (Å²) in [5.74, 6) is 0.00519. The maximum absolute atomic E-state index is 13.1. The van der Waals surface area contributed by atoms with Crippen LogP contribution in [0.5, 0.6) is 0 Å². The van der Waals surface area contributed by atoms with Crippen molar-refractivity contribution in [1.82, 2.24) is 24.4 Å². The van der Waals surface area contributed by atoms with Gasteiger partial charge in [-0.1, -0.05) is 6.07 Å². The average molecular weight is 363 g/mol. The Balaban J connectivity index is 1.41. The highest BCUT2D eigenvalue weighted by Crippen LogP contribution is 2.36. The van der Waals surface area contributed by atoms with Crippen LogP contribution in [0, 0.1) is 0 Å². The quantitative estimate of drug-likeness (QED) is 0.769. The SMILES string of the molecule is O=C(c1cnc2c(c1)ncn2Cc1cccnc1)N1[C@@H]2CC[C@H]1CC(O)C2. The predicted octanol–water partition coefficient (Wildman–Crippen LogP) is 2.00. The molecule has 2 bridgehead atoms. The lowest BCUT2D eigenvalue weighted by atomic mass is 9.99. The van der Waals surface area contributed by atoms with E-state index in [0.29, 0.717) is 30.5 Å². The van der Waals surface area contributed by atoms with Crippen molar-refractivity contribution < 1.29 is 9.90 Å². The van der Waals surface area contributed by atoms with Crippen LogP contribution in [0.2, 0.25) is 0 Å². The van der Waals surface area contributed by atoms with Gasteiger partial charge >= 0.3 is 0 Å². The molecule has 0 aromatic carbocycles. The Bertz CT molecular complexity index is 972. The summed E-state index contributed by atoms with van der Waals surface area (Å²) in [5, 5.41) is 9.96. The molecule has 1 N–H and O–H groups in total. The standard InChI is InChI=1S/C20H21N5O2/c26-17-7-15-3-4-16(8-17)25(15)20(27)14-6-18-19(22-10-14)24(12-23-18)11-13-2-1-5-21-9-13/h1-2,5-6,9-10,12,15-17,26H,3-4,7-8,11H2/t15-,16+,17?. The summed E-state index contributed by atoms with van der Waals surface area (Å²) in [5.41, 5.74) is 3.12. The molecule has 7 nitrogen and oxygen atoms in total. The van der Waals surface area contributed by atoms with E-state index in [0.717, 1.165) is 24.1 Å². The van der Waals surface area contributed by atoms with Crippen molar-refractivity contribution in [2.45, 2.75) is 50.4 Å². The number of aromatic nitrogens is 4. The van der Waals surface area contributed by atoms with Gasteiger partial charge in [-0.2, -0.15) is 0 Å². The number of amides is 1. The Morgan fingerprint density at radius 1 is 1.19 bits per heavy atom. The van der Waals surface area contributed by atoms with Crippen molar-refractivity contribution in [1.29, 1.82) is 0 Å². The Morgan fingerprint density at radius 3 is 2.74 bits per heavy atom. The Hall–Kier alpha value is -2.80. The van der Waals surface area contributed by atoms with Crippen LogP contribution in [-0.4, -0.2) is 53.6 Å². The first kappa shape index (κ1) is 16.4. The van der Waals surface area contributed by atoms with Gasteiger partial charge in [-0.25, -0.2) is 9.97 Å². The van der Waals surface area contributed by atoms with Gasteiger partial charge in [0.25, 0.3) is 5.91 Å². The van der Waals surface area contributed by atoms with Gasteiger partial charge in [0.15, 0.2) is 5.65 Å². The zero-order valence-corrected chi connectivity index (χ0v) is 14.9. The molecule has 5 heterocycles. The Kier molecular flexibility index (Phi) is 3.89. The van der Waals surface area contributed by atoms with Crippen LogP contribution in [0.1, 0.15) is 41.6 Å². The molecule has 1 amide bonds. The molecule has 5 rings (SSSR count). The third-order valence-corrected chi connectivity index (χ3v) is 5.72. The van der Waals surface area contributed by atoms with E-state index in [9.17, 15) is 9.90 Å². The third-order valence-electron chi connectivity index (χ3n) is 5.72. The lowest BCUT2D eigenvalue weighted by Crippen LogP contribution is -2.48. The molecule has 3 aromatic heterocycles. The Labute approximate surface area is 156 Å². The van der Waals surface area contributed by atoms with E-state index in [2.05, 4.69) is 15.0 Å². The first-order valence-corrected chi connectivity index (χ1v) is 9.39. The maximum atomic E-state index is 13.1. The molecule has 138 valence electrons. The van der Waals surface area contributed by atoms with Crippen LogP contribution in [0.4, 0.5) is 0 Å². The largest absolute Gasteiger partial charge is 0.393 e.